The molecular formula is C14H18FNO4. The summed E-state index contributed by atoms with van der Waals surface area (Å²) in [5.41, 5.74) is -1.60. The highest BCUT2D eigenvalue weighted by atomic mass is 19.1. The molecule has 0 unspecified atom stereocenters. The fourth-order valence-corrected chi connectivity index (χ4v) is 1.87. The van der Waals surface area contributed by atoms with Crippen LogP contribution >= 0.6 is 0 Å². The highest BCUT2D eigenvalue weighted by molar-refractivity contribution is 5.98. The minimum atomic E-state index is -1.39. The Bertz CT molecular complexity index is 512. The lowest BCUT2D eigenvalue weighted by atomic mass is 9.92. The second kappa shape index (κ2) is 6.36. The number of hydrogen-bond donors (Lipinski definition) is 2. The highest BCUT2D eigenvalue weighted by Gasteiger charge is 2.37. The van der Waals surface area contributed by atoms with Gasteiger partial charge in [0.2, 0.25) is 0 Å². The third kappa shape index (κ3) is 3.07. The first-order valence-corrected chi connectivity index (χ1v) is 6.29. The van der Waals surface area contributed by atoms with E-state index in [1.807, 2.05) is 0 Å². The van der Waals surface area contributed by atoms with Crippen molar-refractivity contribution in [2.24, 2.45) is 0 Å². The van der Waals surface area contributed by atoms with Gasteiger partial charge in [0.15, 0.2) is 0 Å². The van der Waals surface area contributed by atoms with Gasteiger partial charge in [0.05, 0.1) is 12.7 Å². The Morgan fingerprint density at radius 1 is 1.35 bits per heavy atom. The third-order valence-corrected chi connectivity index (χ3v) is 3.39. The fourth-order valence-electron chi connectivity index (χ4n) is 1.87. The molecule has 0 saturated heterocycles. The van der Waals surface area contributed by atoms with Crippen molar-refractivity contribution < 1.29 is 23.8 Å². The summed E-state index contributed by atoms with van der Waals surface area (Å²) in [6, 6.07) is 3.79. The van der Waals surface area contributed by atoms with E-state index >= 15 is 0 Å². The van der Waals surface area contributed by atoms with E-state index in [4.69, 9.17) is 4.74 Å². The SMILES string of the molecule is CCC(CC)(NC(=O)c1ccc(OC)cc1F)C(=O)O. The monoisotopic (exact) mass is 283 g/mol. The molecular weight excluding hydrogens is 265 g/mol. The van der Waals surface area contributed by atoms with Gasteiger partial charge in [0.1, 0.15) is 17.1 Å². The van der Waals surface area contributed by atoms with Crippen LogP contribution in [0.3, 0.4) is 0 Å². The maximum atomic E-state index is 13.8. The number of methoxy groups -OCH3 is 1. The number of rotatable bonds is 6. The standard InChI is InChI=1S/C14H18FNO4/c1-4-14(5-2,13(18)19)16-12(17)10-7-6-9(20-3)8-11(10)15/h6-8H,4-5H2,1-3H3,(H,16,17)(H,18,19). The van der Waals surface area contributed by atoms with E-state index < -0.39 is 23.2 Å². The molecule has 1 aromatic rings. The molecule has 2 N–H and O–H groups in total. The number of ether oxygens (including phenoxy) is 1. The molecule has 0 aliphatic carbocycles. The van der Waals surface area contributed by atoms with Gasteiger partial charge in [0.25, 0.3) is 5.91 Å². The minimum absolute atomic E-state index is 0.210. The summed E-state index contributed by atoms with van der Waals surface area (Å²) in [6.07, 6.45) is 0.421. The number of carboxylic acids is 1. The zero-order chi connectivity index (χ0) is 15.3. The number of halogens is 1. The molecule has 20 heavy (non-hydrogen) atoms. The molecule has 0 atom stereocenters. The molecule has 6 heteroatoms. The molecule has 0 saturated carbocycles. The molecule has 1 aromatic carbocycles. The molecule has 0 bridgehead atoms. The number of nitrogens with one attached hydrogen (secondary N) is 1. The summed E-state index contributed by atoms with van der Waals surface area (Å²) < 4.78 is 18.6. The van der Waals surface area contributed by atoms with Gasteiger partial charge in [-0.1, -0.05) is 13.8 Å². The van der Waals surface area contributed by atoms with Crippen LogP contribution in [0.5, 0.6) is 5.75 Å². The molecule has 0 aliphatic rings. The van der Waals surface area contributed by atoms with Gasteiger partial charge in [-0.3, -0.25) is 4.79 Å². The summed E-state index contributed by atoms with van der Waals surface area (Å²) in [6.45, 7) is 3.31. The molecule has 0 spiro atoms. The Kier molecular flexibility index (Phi) is 5.07. The molecule has 0 aliphatic heterocycles. The number of benzene rings is 1. The Hall–Kier alpha value is -2.11. The van der Waals surface area contributed by atoms with Gasteiger partial charge in [-0.25, -0.2) is 9.18 Å². The summed E-state index contributed by atoms with van der Waals surface area (Å²) in [4.78, 5) is 23.4. The van der Waals surface area contributed by atoms with Crippen molar-refractivity contribution in [3.8, 4) is 5.75 Å². The van der Waals surface area contributed by atoms with Gasteiger partial charge in [0, 0.05) is 6.07 Å². The van der Waals surface area contributed by atoms with Gasteiger partial charge in [-0.05, 0) is 25.0 Å². The second-order valence-corrected chi connectivity index (χ2v) is 4.39. The lowest BCUT2D eigenvalue weighted by molar-refractivity contribution is -0.144. The van der Waals surface area contributed by atoms with Gasteiger partial charge in [-0.2, -0.15) is 0 Å². The van der Waals surface area contributed by atoms with Crippen molar-refractivity contribution in [2.45, 2.75) is 32.2 Å². The third-order valence-electron chi connectivity index (χ3n) is 3.39. The Labute approximate surface area is 116 Å². The smallest absolute Gasteiger partial charge is 0.329 e. The van der Waals surface area contributed by atoms with Crippen molar-refractivity contribution in [2.75, 3.05) is 7.11 Å². The number of carboxylic acid groups (broad SMARTS) is 1. The number of hydrogen-bond acceptors (Lipinski definition) is 3. The Morgan fingerprint density at radius 3 is 2.35 bits per heavy atom. The second-order valence-electron chi connectivity index (χ2n) is 4.39. The minimum Gasteiger partial charge on any atom is -0.497 e. The van der Waals surface area contributed by atoms with Crippen LogP contribution in [-0.2, 0) is 4.79 Å². The van der Waals surface area contributed by atoms with E-state index in [0.29, 0.717) is 0 Å². The van der Waals surface area contributed by atoms with Crippen LogP contribution < -0.4 is 10.1 Å². The molecule has 110 valence electrons. The lowest BCUT2D eigenvalue weighted by Gasteiger charge is -2.28. The maximum Gasteiger partial charge on any atom is 0.329 e. The van der Waals surface area contributed by atoms with E-state index in [9.17, 15) is 19.1 Å². The highest BCUT2D eigenvalue weighted by Crippen LogP contribution is 2.20. The molecule has 1 amide bonds. The molecule has 0 aromatic heterocycles. The van der Waals surface area contributed by atoms with Crippen LogP contribution in [0.1, 0.15) is 37.0 Å². The molecule has 0 heterocycles. The van der Waals surface area contributed by atoms with E-state index in [1.165, 1.54) is 19.2 Å². The first kappa shape index (κ1) is 15.9. The van der Waals surface area contributed by atoms with E-state index in [1.54, 1.807) is 13.8 Å². The number of amides is 1. The number of aliphatic carboxylic acids is 1. The zero-order valence-electron chi connectivity index (χ0n) is 11.7. The maximum absolute atomic E-state index is 13.8. The Balaban J connectivity index is 3.04. The summed E-state index contributed by atoms with van der Waals surface area (Å²) in [5.74, 6) is -2.36. The number of carbonyl (C=O) groups excluding carboxylic acids is 1. The quantitative estimate of drug-likeness (QED) is 0.839. The average Bonchev–Trinajstić information content (AvgIpc) is 2.43. The predicted molar refractivity (Wildman–Crippen MR) is 71.4 cm³/mol. The van der Waals surface area contributed by atoms with E-state index in [2.05, 4.69) is 5.32 Å². The first-order chi connectivity index (χ1) is 9.40. The molecule has 5 nitrogen and oxygen atoms in total. The van der Waals surface area contributed by atoms with Crippen molar-refractivity contribution in [1.82, 2.24) is 5.32 Å². The van der Waals surface area contributed by atoms with Crippen molar-refractivity contribution >= 4 is 11.9 Å². The zero-order valence-corrected chi connectivity index (χ0v) is 11.7. The normalized spacial score (nSPS) is 11.0. The summed E-state index contributed by atoms with van der Waals surface area (Å²) >= 11 is 0. The van der Waals surface area contributed by atoms with E-state index in [0.717, 1.165) is 6.07 Å². The largest absolute Gasteiger partial charge is 0.497 e. The van der Waals surface area contributed by atoms with Crippen LogP contribution in [0.4, 0.5) is 4.39 Å². The van der Waals surface area contributed by atoms with Gasteiger partial charge < -0.3 is 15.2 Å². The molecule has 0 fully saturated rings. The summed E-state index contributed by atoms with van der Waals surface area (Å²) in [5, 5.41) is 11.6. The number of carbonyl (C=O) groups is 2. The van der Waals surface area contributed by atoms with Crippen molar-refractivity contribution in [3.05, 3.63) is 29.6 Å². The lowest BCUT2D eigenvalue weighted by Crippen LogP contribution is -2.53. The van der Waals surface area contributed by atoms with Crippen molar-refractivity contribution in [1.29, 1.82) is 0 Å². The van der Waals surface area contributed by atoms with Crippen LogP contribution in [-0.4, -0.2) is 29.6 Å². The van der Waals surface area contributed by atoms with Crippen molar-refractivity contribution in [3.63, 3.8) is 0 Å². The Morgan fingerprint density at radius 2 is 1.95 bits per heavy atom. The predicted octanol–water partition coefficient (Wildman–Crippen LogP) is 2.21. The van der Waals surface area contributed by atoms with Crippen LogP contribution in [0.2, 0.25) is 0 Å². The van der Waals surface area contributed by atoms with Gasteiger partial charge in [-0.15, -0.1) is 0 Å². The fraction of sp³-hybridized carbons (Fsp3) is 0.429. The van der Waals surface area contributed by atoms with E-state index in [-0.39, 0.29) is 24.2 Å². The molecule has 0 radical (unpaired) electrons. The summed E-state index contributed by atoms with van der Waals surface area (Å²) in [7, 11) is 1.39. The first-order valence-electron chi connectivity index (χ1n) is 6.29. The van der Waals surface area contributed by atoms with Gasteiger partial charge >= 0.3 is 5.97 Å². The van der Waals surface area contributed by atoms with Crippen LogP contribution in [0, 0.1) is 5.82 Å². The average molecular weight is 283 g/mol. The molecule has 1 rings (SSSR count). The van der Waals surface area contributed by atoms with Crippen LogP contribution in [0.25, 0.3) is 0 Å². The topological polar surface area (TPSA) is 75.6 Å². The van der Waals surface area contributed by atoms with Crippen LogP contribution in [0.15, 0.2) is 18.2 Å².